The lowest BCUT2D eigenvalue weighted by Gasteiger charge is -2.43. The lowest BCUT2D eigenvalue weighted by atomic mass is 9.85. The van der Waals surface area contributed by atoms with E-state index in [9.17, 15) is 44.0 Å². The number of carbonyl (C=O) groups excluding carboxylic acids is 2. The Kier molecular flexibility index (Phi) is 34.6. The molecular weight excluding hydrogens is 874 g/mol. The van der Waals surface area contributed by atoms with E-state index in [1.165, 1.54) is 51.4 Å². The minimum Gasteiger partial charge on any atom is -0.462 e. The maximum Gasteiger partial charge on any atom is 0.472 e. The van der Waals surface area contributed by atoms with Gasteiger partial charge in [0.15, 0.2) is 6.10 Å². The van der Waals surface area contributed by atoms with Crippen LogP contribution in [0.15, 0.2) is 48.6 Å². The van der Waals surface area contributed by atoms with Crippen LogP contribution < -0.4 is 0 Å². The van der Waals surface area contributed by atoms with Gasteiger partial charge in [0.2, 0.25) is 0 Å². The van der Waals surface area contributed by atoms with Gasteiger partial charge in [-0.25, -0.2) is 9.13 Å². The Morgan fingerprint density at radius 3 is 1.50 bits per heavy atom. The molecule has 1 fully saturated rings. The summed E-state index contributed by atoms with van der Waals surface area (Å²) in [7, 11) is -10.7. The molecule has 1 saturated carbocycles. The van der Waals surface area contributed by atoms with E-state index >= 15 is 0 Å². The van der Waals surface area contributed by atoms with E-state index in [0.717, 1.165) is 64.2 Å². The number of allylic oxidation sites excluding steroid dienone is 8. The zero-order valence-corrected chi connectivity index (χ0v) is 39.7. The molecule has 0 saturated heterocycles. The van der Waals surface area contributed by atoms with Crippen molar-refractivity contribution in [2.24, 2.45) is 0 Å². The standard InChI is InChI=1S/C45H80O17P2/c1-2-3-4-5-6-7-8-14-17-20-23-26-29-32-38(47)58-35-37(36-59-64(56,57)62-45-42(51)40(49)41(50)44(43(45)52)61-63(53,54)55)60-39(48)33-30-27-24-21-18-15-12-10-9-11-13-16-19-22-25-28-31-34-46/h9,11-12,15-16,19,21,24,37,40-46,49-52H,2-8,10,13-14,17-18,20,22-23,25-36H2,1H3,(H,56,57)(H2,53,54,55)/b11-9-,15-12-,19-16-,24-21-/t37-,40?,41?,42?,43?,44-,45+/m1/s1. The summed E-state index contributed by atoms with van der Waals surface area (Å²) in [5.74, 6) is -1.28. The minimum atomic E-state index is -5.37. The van der Waals surface area contributed by atoms with Crippen LogP contribution in [0.3, 0.4) is 0 Å². The maximum atomic E-state index is 13.0. The molecule has 8 N–H and O–H groups in total. The number of unbranched alkanes of at least 4 members (excludes halogenated alkanes) is 16. The smallest absolute Gasteiger partial charge is 0.462 e. The van der Waals surface area contributed by atoms with Gasteiger partial charge in [0.05, 0.1) is 6.61 Å². The van der Waals surface area contributed by atoms with Crippen molar-refractivity contribution in [1.29, 1.82) is 0 Å². The monoisotopic (exact) mass is 954 g/mol. The molecule has 5 unspecified atom stereocenters. The van der Waals surface area contributed by atoms with Gasteiger partial charge in [0.1, 0.15) is 43.2 Å². The van der Waals surface area contributed by atoms with Crippen molar-refractivity contribution in [3.05, 3.63) is 48.6 Å². The van der Waals surface area contributed by atoms with Gasteiger partial charge in [-0.3, -0.25) is 23.2 Å². The highest BCUT2D eigenvalue weighted by atomic mass is 31.2. The number of aliphatic hydroxyl groups excluding tert-OH is 5. The molecule has 0 aromatic rings. The molecule has 17 nitrogen and oxygen atoms in total. The highest BCUT2D eigenvalue weighted by molar-refractivity contribution is 7.47. The molecule has 0 amide bonds. The second-order valence-corrected chi connectivity index (χ2v) is 18.8. The number of rotatable bonds is 39. The van der Waals surface area contributed by atoms with Gasteiger partial charge in [-0.15, -0.1) is 0 Å². The van der Waals surface area contributed by atoms with Gasteiger partial charge in [-0.2, -0.15) is 0 Å². The Bertz CT molecular complexity index is 1430. The van der Waals surface area contributed by atoms with Crippen molar-refractivity contribution >= 4 is 27.6 Å². The quantitative estimate of drug-likeness (QED) is 0.0128. The fourth-order valence-electron chi connectivity index (χ4n) is 6.82. The molecule has 0 bridgehead atoms. The molecule has 19 heteroatoms. The predicted octanol–water partition coefficient (Wildman–Crippen LogP) is 7.48. The van der Waals surface area contributed by atoms with Crippen LogP contribution >= 0.6 is 15.6 Å². The largest absolute Gasteiger partial charge is 0.472 e. The summed E-state index contributed by atoms with van der Waals surface area (Å²) in [6.45, 7) is 1.06. The van der Waals surface area contributed by atoms with Crippen molar-refractivity contribution in [3.63, 3.8) is 0 Å². The predicted molar refractivity (Wildman–Crippen MR) is 243 cm³/mol. The Balaban J connectivity index is 2.64. The molecule has 0 aliphatic heterocycles. The first-order chi connectivity index (χ1) is 30.6. The van der Waals surface area contributed by atoms with Crippen LogP contribution in [-0.4, -0.2) is 115 Å². The van der Waals surface area contributed by atoms with Gasteiger partial charge in [0.25, 0.3) is 0 Å². The first-order valence-corrected chi connectivity index (χ1v) is 26.3. The van der Waals surface area contributed by atoms with E-state index in [1.807, 2.05) is 18.2 Å². The average molecular weight is 955 g/mol. The summed E-state index contributed by atoms with van der Waals surface area (Å²) < 4.78 is 49.2. The zero-order valence-electron chi connectivity index (χ0n) is 37.9. The van der Waals surface area contributed by atoms with E-state index in [4.69, 9.17) is 33.4 Å². The SMILES string of the molecule is CCCCCCCCCCCCCCCC(=O)OC[C@H](COP(=O)(O)O[C@H]1C(O)C(O)C(O)[C@@H](OP(=O)(O)O)C1O)OC(=O)CCC/C=C\C/C=C\C/C=C\C/C=C\CCCCCO. The van der Waals surface area contributed by atoms with Crippen molar-refractivity contribution in [1.82, 2.24) is 0 Å². The van der Waals surface area contributed by atoms with Crippen molar-refractivity contribution < 1.29 is 82.0 Å². The highest BCUT2D eigenvalue weighted by Crippen LogP contribution is 2.49. The van der Waals surface area contributed by atoms with Crippen LogP contribution in [-0.2, 0) is 41.8 Å². The van der Waals surface area contributed by atoms with Gasteiger partial charge in [-0.1, -0.05) is 139 Å². The molecule has 1 aliphatic rings. The maximum absolute atomic E-state index is 13.0. The van der Waals surface area contributed by atoms with Gasteiger partial charge < -0.3 is 49.7 Å². The Morgan fingerprint density at radius 2 is 0.984 bits per heavy atom. The first-order valence-electron chi connectivity index (χ1n) is 23.3. The van der Waals surface area contributed by atoms with Crippen LogP contribution in [0.25, 0.3) is 0 Å². The fraction of sp³-hybridized carbons (Fsp3) is 0.778. The van der Waals surface area contributed by atoms with E-state index in [2.05, 4.69) is 41.8 Å². The summed E-state index contributed by atoms with van der Waals surface area (Å²) >= 11 is 0. The number of aliphatic hydroxyl groups is 5. The van der Waals surface area contributed by atoms with Crippen LogP contribution in [0.1, 0.15) is 161 Å². The van der Waals surface area contributed by atoms with Crippen LogP contribution in [0, 0.1) is 0 Å². The molecule has 0 heterocycles. The van der Waals surface area contributed by atoms with Crippen molar-refractivity contribution in [3.8, 4) is 0 Å². The second kappa shape index (κ2) is 37.0. The minimum absolute atomic E-state index is 0.0413. The number of hydrogen-bond donors (Lipinski definition) is 8. The summed E-state index contributed by atoms with van der Waals surface area (Å²) in [5, 5.41) is 50.0. The van der Waals surface area contributed by atoms with Crippen molar-refractivity contribution in [2.75, 3.05) is 19.8 Å². The third-order valence-corrected chi connectivity index (χ3v) is 12.0. The number of phosphoric ester groups is 2. The number of hydrogen-bond acceptors (Lipinski definition) is 14. The Labute approximate surface area is 380 Å². The molecular formula is C45H80O17P2. The van der Waals surface area contributed by atoms with Gasteiger partial charge in [0, 0.05) is 19.4 Å². The average Bonchev–Trinajstić information content (AvgIpc) is 3.25. The molecule has 64 heavy (non-hydrogen) atoms. The summed E-state index contributed by atoms with van der Waals surface area (Å²) in [5.41, 5.74) is 0. The molecule has 8 atom stereocenters. The number of esters is 2. The third-order valence-electron chi connectivity index (χ3n) is 10.5. The summed E-state index contributed by atoms with van der Waals surface area (Å²) in [6.07, 6.45) is 23.8. The molecule has 0 aromatic heterocycles. The van der Waals surface area contributed by atoms with Gasteiger partial charge in [-0.05, 0) is 57.8 Å². The lowest BCUT2D eigenvalue weighted by molar-refractivity contribution is -0.216. The molecule has 0 radical (unpaired) electrons. The van der Waals surface area contributed by atoms with Gasteiger partial charge >= 0.3 is 27.6 Å². The Hall–Kier alpha value is -2.08. The fourth-order valence-corrected chi connectivity index (χ4v) is 8.36. The van der Waals surface area contributed by atoms with Crippen LogP contribution in [0.2, 0.25) is 0 Å². The molecule has 1 rings (SSSR count). The number of carbonyl (C=O) groups is 2. The van der Waals surface area contributed by atoms with Crippen molar-refractivity contribution in [2.45, 2.75) is 204 Å². The topological polar surface area (TPSA) is 276 Å². The van der Waals surface area contributed by atoms with E-state index < -0.39 is 83.5 Å². The van der Waals surface area contributed by atoms with Crippen LogP contribution in [0.5, 0.6) is 0 Å². The first kappa shape index (κ1) is 59.9. The molecule has 1 aliphatic carbocycles. The summed E-state index contributed by atoms with van der Waals surface area (Å²) in [6, 6.07) is 0. The molecule has 372 valence electrons. The molecule has 0 aromatic carbocycles. The normalized spacial score (nSPS) is 22.2. The second-order valence-electron chi connectivity index (χ2n) is 16.2. The third kappa shape index (κ3) is 31.0. The zero-order chi connectivity index (χ0) is 47.5. The highest BCUT2D eigenvalue weighted by Gasteiger charge is 2.54. The van der Waals surface area contributed by atoms with E-state index in [-0.39, 0.29) is 19.4 Å². The summed E-state index contributed by atoms with van der Waals surface area (Å²) in [4.78, 5) is 54.2. The Morgan fingerprint density at radius 1 is 0.531 bits per heavy atom. The number of phosphoric acid groups is 2. The van der Waals surface area contributed by atoms with E-state index in [0.29, 0.717) is 25.7 Å². The number of ether oxygens (including phenoxy) is 2. The van der Waals surface area contributed by atoms with Crippen LogP contribution in [0.4, 0.5) is 0 Å². The molecule has 0 spiro atoms. The lowest BCUT2D eigenvalue weighted by Crippen LogP contribution is -2.64. The van der Waals surface area contributed by atoms with E-state index in [1.54, 1.807) is 0 Å².